The third-order valence-corrected chi connectivity index (χ3v) is 6.15. The van der Waals surface area contributed by atoms with E-state index in [1.807, 2.05) is 60.8 Å². The van der Waals surface area contributed by atoms with E-state index in [4.69, 9.17) is 4.74 Å². The van der Waals surface area contributed by atoms with E-state index in [9.17, 15) is 9.35 Å². The van der Waals surface area contributed by atoms with Gasteiger partial charge in [0, 0.05) is 17.1 Å². The minimum absolute atomic E-state index is 0.0900. The molecule has 0 aliphatic heterocycles. The summed E-state index contributed by atoms with van der Waals surface area (Å²) >= 11 is 0.0907. The fourth-order valence-electron chi connectivity index (χ4n) is 2.73. The van der Waals surface area contributed by atoms with E-state index in [-0.39, 0.29) is 12.4 Å². The van der Waals surface area contributed by atoms with Gasteiger partial charge in [0.25, 0.3) is 0 Å². The molecule has 28 heavy (non-hydrogen) atoms. The SMILES string of the molecule is CCOC(=O)CC(N[S+]([O-])c1ccc(C)cc1)c1cccc(-c2nccs2)c1. The van der Waals surface area contributed by atoms with Crippen LogP contribution in [0, 0.1) is 6.92 Å². The van der Waals surface area contributed by atoms with E-state index in [0.29, 0.717) is 11.5 Å². The summed E-state index contributed by atoms with van der Waals surface area (Å²) in [6, 6.07) is 14.8. The summed E-state index contributed by atoms with van der Waals surface area (Å²) < 4.78 is 21.0. The molecule has 146 valence electrons. The fraction of sp³-hybridized carbons (Fsp3) is 0.238. The summed E-state index contributed by atoms with van der Waals surface area (Å²) in [6.07, 6.45) is 1.85. The van der Waals surface area contributed by atoms with Crippen molar-refractivity contribution in [3.63, 3.8) is 0 Å². The second kappa shape index (κ2) is 9.84. The zero-order chi connectivity index (χ0) is 19.9. The quantitative estimate of drug-likeness (QED) is 0.436. The molecule has 2 unspecified atom stereocenters. The van der Waals surface area contributed by atoms with E-state index in [2.05, 4.69) is 9.71 Å². The van der Waals surface area contributed by atoms with Gasteiger partial charge in [0.1, 0.15) is 5.01 Å². The first-order valence-corrected chi connectivity index (χ1v) is 11.0. The van der Waals surface area contributed by atoms with Crippen molar-refractivity contribution in [1.29, 1.82) is 0 Å². The molecule has 3 rings (SSSR count). The maximum atomic E-state index is 12.8. The minimum atomic E-state index is -1.46. The normalized spacial score (nSPS) is 13.1. The Hall–Kier alpha value is -2.19. The lowest BCUT2D eigenvalue weighted by Crippen LogP contribution is -2.30. The number of carbonyl (C=O) groups is 1. The number of thiazole rings is 1. The van der Waals surface area contributed by atoms with Crippen molar-refractivity contribution in [2.45, 2.75) is 31.2 Å². The Morgan fingerprint density at radius 2 is 2.07 bits per heavy atom. The van der Waals surface area contributed by atoms with E-state index >= 15 is 0 Å². The van der Waals surface area contributed by atoms with Crippen molar-refractivity contribution in [2.75, 3.05) is 6.61 Å². The number of nitrogens with one attached hydrogen (secondary N) is 1. The number of hydrogen-bond acceptors (Lipinski definition) is 6. The van der Waals surface area contributed by atoms with Gasteiger partial charge in [-0.15, -0.1) is 16.1 Å². The first-order valence-electron chi connectivity index (χ1n) is 8.97. The van der Waals surface area contributed by atoms with Gasteiger partial charge in [-0.2, -0.15) is 0 Å². The Balaban J connectivity index is 1.85. The van der Waals surface area contributed by atoms with Crippen LogP contribution in [-0.4, -0.2) is 22.1 Å². The fourth-order valence-corrected chi connectivity index (χ4v) is 4.36. The van der Waals surface area contributed by atoms with Gasteiger partial charge in [-0.25, -0.2) is 4.98 Å². The number of rotatable bonds is 8. The number of carbonyl (C=O) groups excluding carboxylic acids is 1. The van der Waals surface area contributed by atoms with Gasteiger partial charge >= 0.3 is 5.97 Å². The van der Waals surface area contributed by atoms with Gasteiger partial charge in [0.05, 0.1) is 30.4 Å². The number of ether oxygens (including phenoxy) is 1. The summed E-state index contributed by atoms with van der Waals surface area (Å²) in [6.45, 7) is 4.06. The molecular weight excluding hydrogens is 392 g/mol. The Labute approximate surface area is 172 Å². The highest BCUT2D eigenvalue weighted by atomic mass is 32.2. The number of benzene rings is 2. The monoisotopic (exact) mass is 414 g/mol. The zero-order valence-electron chi connectivity index (χ0n) is 15.8. The highest BCUT2D eigenvalue weighted by molar-refractivity contribution is 7.89. The number of aryl methyl sites for hydroxylation is 1. The maximum absolute atomic E-state index is 12.8. The second-order valence-corrected chi connectivity index (χ2v) is 8.36. The van der Waals surface area contributed by atoms with E-state index < -0.39 is 17.4 Å². The lowest BCUT2D eigenvalue weighted by molar-refractivity contribution is -0.143. The Bertz CT molecular complexity index is 898. The van der Waals surface area contributed by atoms with Crippen molar-refractivity contribution in [1.82, 2.24) is 9.71 Å². The van der Waals surface area contributed by atoms with Gasteiger partial charge < -0.3 is 9.29 Å². The van der Waals surface area contributed by atoms with Crippen molar-refractivity contribution in [2.24, 2.45) is 0 Å². The van der Waals surface area contributed by atoms with Crippen LogP contribution in [0.4, 0.5) is 0 Å². The molecule has 0 amide bonds. The predicted molar refractivity (Wildman–Crippen MR) is 112 cm³/mol. The number of aromatic nitrogens is 1. The molecule has 0 aliphatic rings. The molecule has 0 bridgehead atoms. The Morgan fingerprint density at radius 3 is 2.75 bits per heavy atom. The Kier molecular flexibility index (Phi) is 7.22. The van der Waals surface area contributed by atoms with Crippen LogP contribution < -0.4 is 4.72 Å². The highest BCUT2D eigenvalue weighted by Gasteiger charge is 2.24. The first kappa shape index (κ1) is 20.5. The molecule has 0 saturated carbocycles. The third kappa shape index (κ3) is 5.42. The van der Waals surface area contributed by atoms with E-state index in [1.54, 1.807) is 24.5 Å². The van der Waals surface area contributed by atoms with Crippen LogP contribution in [0.3, 0.4) is 0 Å². The topological polar surface area (TPSA) is 74.3 Å². The molecule has 0 aliphatic carbocycles. The number of esters is 1. The van der Waals surface area contributed by atoms with Crippen molar-refractivity contribution < 1.29 is 14.1 Å². The summed E-state index contributed by atoms with van der Waals surface area (Å²) in [7, 11) is 0. The first-order chi connectivity index (χ1) is 13.6. The molecule has 0 saturated heterocycles. The minimum Gasteiger partial charge on any atom is -0.593 e. The largest absolute Gasteiger partial charge is 0.593 e. The van der Waals surface area contributed by atoms with Crippen molar-refractivity contribution in [3.05, 3.63) is 71.2 Å². The Morgan fingerprint density at radius 1 is 1.29 bits per heavy atom. The molecule has 0 fully saturated rings. The summed E-state index contributed by atoms with van der Waals surface area (Å²) in [5.74, 6) is -0.333. The molecule has 0 radical (unpaired) electrons. The maximum Gasteiger partial charge on any atom is 0.307 e. The predicted octanol–water partition coefficient (Wildman–Crippen LogP) is 4.43. The lowest BCUT2D eigenvalue weighted by atomic mass is 10.0. The summed E-state index contributed by atoms with van der Waals surface area (Å²) in [4.78, 5) is 17.1. The van der Waals surface area contributed by atoms with E-state index in [1.165, 1.54) is 0 Å². The van der Waals surface area contributed by atoms with Crippen molar-refractivity contribution in [3.8, 4) is 10.6 Å². The van der Waals surface area contributed by atoms with Crippen LogP contribution in [-0.2, 0) is 20.9 Å². The number of nitrogens with zero attached hydrogens (tertiary/aromatic N) is 1. The molecule has 3 aromatic rings. The molecule has 7 heteroatoms. The van der Waals surface area contributed by atoms with Crippen LogP contribution >= 0.6 is 11.3 Å². The van der Waals surface area contributed by atoms with Crippen LogP contribution in [0.25, 0.3) is 10.6 Å². The van der Waals surface area contributed by atoms with Crippen LogP contribution in [0.1, 0.15) is 30.5 Å². The second-order valence-electron chi connectivity index (χ2n) is 6.22. The highest BCUT2D eigenvalue weighted by Crippen LogP contribution is 2.27. The average Bonchev–Trinajstić information content (AvgIpc) is 3.23. The van der Waals surface area contributed by atoms with Crippen LogP contribution in [0.5, 0.6) is 0 Å². The van der Waals surface area contributed by atoms with Gasteiger partial charge in [-0.3, -0.25) is 4.79 Å². The smallest absolute Gasteiger partial charge is 0.307 e. The molecule has 1 heterocycles. The standard InChI is InChI=1S/C21H22N2O3S2/c1-3-26-20(24)14-19(23-28(25)18-9-7-15(2)8-10-18)16-5-4-6-17(13-16)21-22-11-12-27-21/h4-13,19,23H,3,14H2,1-2H3. The molecule has 2 atom stereocenters. The average molecular weight is 415 g/mol. The van der Waals surface area contributed by atoms with Gasteiger partial charge in [0.15, 0.2) is 4.90 Å². The molecule has 5 nitrogen and oxygen atoms in total. The molecule has 0 spiro atoms. The lowest BCUT2D eigenvalue weighted by Gasteiger charge is -2.20. The van der Waals surface area contributed by atoms with Gasteiger partial charge in [-0.1, -0.05) is 35.9 Å². The third-order valence-electron chi connectivity index (χ3n) is 4.13. The van der Waals surface area contributed by atoms with Crippen LogP contribution in [0.2, 0.25) is 0 Å². The molecular formula is C21H22N2O3S2. The molecule has 2 aromatic carbocycles. The zero-order valence-corrected chi connectivity index (χ0v) is 17.4. The van der Waals surface area contributed by atoms with Crippen molar-refractivity contribution >= 4 is 28.7 Å². The summed E-state index contributed by atoms with van der Waals surface area (Å²) in [5.41, 5.74) is 2.92. The van der Waals surface area contributed by atoms with E-state index in [0.717, 1.165) is 21.7 Å². The van der Waals surface area contributed by atoms with Crippen LogP contribution in [0.15, 0.2) is 65.0 Å². The number of hydrogen-bond donors (Lipinski definition) is 1. The molecule has 1 aromatic heterocycles. The van der Waals surface area contributed by atoms with Gasteiger partial charge in [0.2, 0.25) is 0 Å². The van der Waals surface area contributed by atoms with Gasteiger partial charge in [-0.05, 0) is 37.6 Å². The molecule has 1 N–H and O–H groups in total. The summed E-state index contributed by atoms with van der Waals surface area (Å²) in [5, 5.41) is 2.82.